The van der Waals surface area contributed by atoms with Crippen LogP contribution in [0.3, 0.4) is 0 Å². The molecule has 92 valence electrons. The molecule has 0 unspecified atom stereocenters. The summed E-state index contributed by atoms with van der Waals surface area (Å²) < 4.78 is 6.88. The van der Waals surface area contributed by atoms with Crippen molar-refractivity contribution in [1.29, 1.82) is 5.26 Å². The fourth-order valence-electron chi connectivity index (χ4n) is 1.48. The lowest BCUT2D eigenvalue weighted by Gasteiger charge is -2.04. The molecule has 0 atom stereocenters. The molecule has 5 nitrogen and oxygen atoms in total. The Balaban J connectivity index is 2.19. The summed E-state index contributed by atoms with van der Waals surface area (Å²) in [6.45, 7) is 0.241. The third-order valence-electron chi connectivity index (χ3n) is 2.49. The molecule has 1 heterocycles. The van der Waals surface area contributed by atoms with Gasteiger partial charge in [-0.1, -0.05) is 29.8 Å². The first-order valence-electron chi connectivity index (χ1n) is 5.22. The number of nitrogens with two attached hydrogens (primary N) is 1. The highest BCUT2D eigenvalue weighted by Gasteiger charge is 2.15. The van der Waals surface area contributed by atoms with Crippen molar-refractivity contribution < 1.29 is 4.74 Å². The molecule has 0 spiro atoms. The third kappa shape index (κ3) is 2.24. The summed E-state index contributed by atoms with van der Waals surface area (Å²) >= 11 is 6.01. The molecule has 2 aromatic rings. The summed E-state index contributed by atoms with van der Waals surface area (Å²) in [5.41, 5.74) is 6.75. The molecule has 0 saturated carbocycles. The minimum absolute atomic E-state index is 0.220. The maximum atomic E-state index is 8.97. The number of rotatable bonds is 3. The zero-order valence-electron chi connectivity index (χ0n) is 9.72. The lowest BCUT2D eigenvalue weighted by Crippen LogP contribution is -1.98. The Labute approximate surface area is 109 Å². The molecule has 18 heavy (non-hydrogen) atoms. The van der Waals surface area contributed by atoms with E-state index in [-0.39, 0.29) is 23.9 Å². The number of nitrogens with zero attached hydrogens (tertiary/aromatic N) is 3. The van der Waals surface area contributed by atoms with Gasteiger partial charge >= 0.3 is 0 Å². The molecule has 0 radical (unpaired) electrons. The van der Waals surface area contributed by atoms with Crippen LogP contribution in [0, 0.1) is 11.3 Å². The van der Waals surface area contributed by atoms with E-state index in [1.165, 1.54) is 4.68 Å². The number of ether oxygens (including phenoxy) is 1. The first kappa shape index (κ1) is 12.3. The zero-order valence-corrected chi connectivity index (χ0v) is 10.5. The van der Waals surface area contributed by atoms with Crippen molar-refractivity contribution in [2.45, 2.75) is 6.61 Å². The van der Waals surface area contributed by atoms with Gasteiger partial charge in [0.05, 0.1) is 0 Å². The summed E-state index contributed by atoms with van der Waals surface area (Å²) in [6, 6.07) is 9.30. The molecule has 0 aliphatic carbocycles. The number of nitrogen functional groups attached to an aromatic ring is 1. The Morgan fingerprint density at radius 1 is 1.50 bits per heavy atom. The maximum absolute atomic E-state index is 8.97. The van der Waals surface area contributed by atoms with Crippen LogP contribution in [0.2, 0.25) is 5.02 Å². The second kappa shape index (κ2) is 4.98. The van der Waals surface area contributed by atoms with E-state index in [0.717, 1.165) is 5.56 Å². The average Bonchev–Trinajstić information content (AvgIpc) is 2.64. The topological polar surface area (TPSA) is 76.9 Å². The highest BCUT2D eigenvalue weighted by Crippen LogP contribution is 2.24. The fraction of sp³-hybridized carbons (Fsp3) is 0.167. The van der Waals surface area contributed by atoms with Crippen molar-refractivity contribution in [1.82, 2.24) is 9.78 Å². The van der Waals surface area contributed by atoms with Gasteiger partial charge in [0.25, 0.3) is 5.88 Å². The molecule has 2 N–H and O–H groups in total. The molecule has 2 rings (SSSR count). The third-order valence-corrected chi connectivity index (χ3v) is 2.86. The Kier molecular flexibility index (Phi) is 3.40. The van der Waals surface area contributed by atoms with E-state index >= 15 is 0 Å². The standard InChI is InChI=1S/C12H11ClN4O/c1-17-11(15)9(6-14)12(16-17)18-7-8-4-2-3-5-10(8)13/h2-5H,7,15H2,1H3. The molecule has 0 saturated heterocycles. The average molecular weight is 263 g/mol. The molecule has 6 heteroatoms. The van der Waals surface area contributed by atoms with Crippen molar-refractivity contribution in [2.24, 2.45) is 7.05 Å². The second-order valence-electron chi connectivity index (χ2n) is 3.68. The quantitative estimate of drug-likeness (QED) is 0.919. The van der Waals surface area contributed by atoms with Crippen LogP contribution in [0.25, 0.3) is 0 Å². The Morgan fingerprint density at radius 3 is 2.89 bits per heavy atom. The highest BCUT2D eigenvalue weighted by molar-refractivity contribution is 6.31. The monoisotopic (exact) mass is 262 g/mol. The summed E-state index contributed by atoms with van der Waals surface area (Å²) in [7, 11) is 1.65. The molecular formula is C12H11ClN4O. The number of hydrogen-bond donors (Lipinski definition) is 1. The molecule has 0 bridgehead atoms. The van der Waals surface area contributed by atoms with Crippen LogP contribution in [-0.2, 0) is 13.7 Å². The van der Waals surface area contributed by atoms with Crippen LogP contribution in [0.1, 0.15) is 11.1 Å². The van der Waals surface area contributed by atoms with Crippen LogP contribution >= 0.6 is 11.6 Å². The Hall–Kier alpha value is -2.19. The minimum atomic E-state index is 0.220. The number of halogens is 1. The number of hydrogen-bond acceptors (Lipinski definition) is 4. The van der Waals surface area contributed by atoms with Crippen molar-refractivity contribution in [3.63, 3.8) is 0 Å². The van der Waals surface area contributed by atoms with Gasteiger partial charge in [0.15, 0.2) is 5.56 Å². The largest absolute Gasteiger partial charge is 0.471 e. The van der Waals surface area contributed by atoms with Crippen LogP contribution in [0.15, 0.2) is 24.3 Å². The van der Waals surface area contributed by atoms with Crippen molar-refractivity contribution >= 4 is 17.4 Å². The van der Waals surface area contributed by atoms with E-state index in [0.29, 0.717) is 5.02 Å². The highest BCUT2D eigenvalue weighted by atomic mass is 35.5. The van der Waals surface area contributed by atoms with Gasteiger partial charge in [0, 0.05) is 17.6 Å². The van der Waals surface area contributed by atoms with E-state index in [4.69, 9.17) is 27.3 Å². The number of nitriles is 1. The number of aromatic nitrogens is 2. The first-order chi connectivity index (χ1) is 8.63. The second-order valence-corrected chi connectivity index (χ2v) is 4.09. The number of aryl methyl sites for hydroxylation is 1. The van der Waals surface area contributed by atoms with E-state index in [1.54, 1.807) is 13.1 Å². The number of benzene rings is 1. The predicted octanol–water partition coefficient (Wildman–Crippen LogP) is 2.11. The van der Waals surface area contributed by atoms with Gasteiger partial charge in [-0.15, -0.1) is 5.10 Å². The van der Waals surface area contributed by atoms with Crippen LogP contribution in [0.5, 0.6) is 5.88 Å². The van der Waals surface area contributed by atoms with Gasteiger partial charge < -0.3 is 10.5 Å². The zero-order chi connectivity index (χ0) is 13.1. The molecule has 0 aliphatic rings. The Bertz CT molecular complexity index is 615. The van der Waals surface area contributed by atoms with Crippen LogP contribution < -0.4 is 10.5 Å². The first-order valence-corrected chi connectivity index (χ1v) is 5.60. The van der Waals surface area contributed by atoms with E-state index in [2.05, 4.69) is 5.10 Å². The van der Waals surface area contributed by atoms with Gasteiger partial charge in [-0.05, 0) is 6.07 Å². The molecule has 0 amide bonds. The molecule has 0 fully saturated rings. The molecule has 1 aromatic heterocycles. The SMILES string of the molecule is Cn1nc(OCc2ccccc2Cl)c(C#N)c1N. The summed E-state index contributed by atoms with van der Waals surface area (Å²) in [5.74, 6) is 0.504. The van der Waals surface area contributed by atoms with Crippen LogP contribution in [-0.4, -0.2) is 9.78 Å². The molecule has 0 aliphatic heterocycles. The van der Waals surface area contributed by atoms with E-state index < -0.39 is 0 Å². The smallest absolute Gasteiger partial charge is 0.253 e. The van der Waals surface area contributed by atoms with Gasteiger partial charge in [-0.25, -0.2) is 4.68 Å². The number of anilines is 1. The van der Waals surface area contributed by atoms with Crippen molar-refractivity contribution in [2.75, 3.05) is 5.73 Å². The van der Waals surface area contributed by atoms with Crippen molar-refractivity contribution in [3.05, 3.63) is 40.4 Å². The lowest BCUT2D eigenvalue weighted by atomic mass is 10.2. The Morgan fingerprint density at radius 2 is 2.22 bits per heavy atom. The fourth-order valence-corrected chi connectivity index (χ4v) is 1.67. The maximum Gasteiger partial charge on any atom is 0.253 e. The van der Waals surface area contributed by atoms with Gasteiger partial charge in [-0.2, -0.15) is 5.26 Å². The minimum Gasteiger partial charge on any atom is -0.471 e. The summed E-state index contributed by atoms with van der Waals surface area (Å²) in [6.07, 6.45) is 0. The van der Waals surface area contributed by atoms with E-state index in [1.807, 2.05) is 24.3 Å². The van der Waals surface area contributed by atoms with Crippen LogP contribution in [0.4, 0.5) is 5.82 Å². The van der Waals surface area contributed by atoms with Crippen molar-refractivity contribution in [3.8, 4) is 11.9 Å². The van der Waals surface area contributed by atoms with Gasteiger partial charge in [0.1, 0.15) is 18.5 Å². The summed E-state index contributed by atoms with van der Waals surface area (Å²) in [4.78, 5) is 0. The summed E-state index contributed by atoms with van der Waals surface area (Å²) in [5, 5.41) is 13.6. The van der Waals surface area contributed by atoms with Gasteiger partial charge in [-0.3, -0.25) is 0 Å². The molecule has 1 aromatic carbocycles. The lowest BCUT2D eigenvalue weighted by molar-refractivity contribution is 0.290. The normalized spacial score (nSPS) is 10.1. The van der Waals surface area contributed by atoms with Gasteiger partial charge in [0.2, 0.25) is 0 Å². The molecular weight excluding hydrogens is 252 g/mol. The predicted molar refractivity (Wildman–Crippen MR) is 68.1 cm³/mol. The van der Waals surface area contributed by atoms with E-state index in [9.17, 15) is 0 Å².